The number of carboxylic acids is 1. The molecule has 17 heavy (non-hydrogen) atoms. The summed E-state index contributed by atoms with van der Waals surface area (Å²) in [6.45, 7) is 3.85. The van der Waals surface area contributed by atoms with E-state index in [9.17, 15) is 4.79 Å². The van der Waals surface area contributed by atoms with Gasteiger partial charge < -0.3 is 5.11 Å². The molecular weight excluding hydrogens is 238 g/mol. The number of nitrogens with zero attached hydrogens (tertiary/aromatic N) is 1. The lowest BCUT2D eigenvalue weighted by Gasteiger charge is -2.42. The van der Waals surface area contributed by atoms with Crippen LogP contribution in [0.3, 0.4) is 0 Å². The normalized spacial score (nSPS) is 18.7. The quantitative estimate of drug-likeness (QED) is 0.897. The molecule has 0 aliphatic carbocycles. The highest BCUT2D eigenvalue weighted by Crippen LogP contribution is 2.30. The van der Waals surface area contributed by atoms with Gasteiger partial charge in [0.1, 0.15) is 0 Å². The van der Waals surface area contributed by atoms with Gasteiger partial charge in [-0.05, 0) is 30.5 Å². The van der Waals surface area contributed by atoms with Gasteiger partial charge in [0.2, 0.25) is 0 Å². The molecule has 0 aromatic heterocycles. The smallest absolute Gasteiger partial charge is 0.303 e. The SMILES string of the molecule is CC(c1cccc(Cl)c1)N1CC(CC(=O)O)C1. The third-order valence-corrected chi connectivity index (χ3v) is 3.56. The summed E-state index contributed by atoms with van der Waals surface area (Å²) < 4.78 is 0. The number of aliphatic carboxylic acids is 1. The van der Waals surface area contributed by atoms with Crippen molar-refractivity contribution < 1.29 is 9.90 Å². The number of carboxylic acid groups (broad SMARTS) is 1. The highest BCUT2D eigenvalue weighted by atomic mass is 35.5. The van der Waals surface area contributed by atoms with Crippen LogP contribution in [0.2, 0.25) is 5.02 Å². The van der Waals surface area contributed by atoms with Crippen LogP contribution >= 0.6 is 11.6 Å². The van der Waals surface area contributed by atoms with Crippen LogP contribution in [0.25, 0.3) is 0 Å². The first kappa shape index (κ1) is 12.4. The maximum Gasteiger partial charge on any atom is 0.303 e. The first-order valence-electron chi connectivity index (χ1n) is 5.77. The number of benzene rings is 1. The van der Waals surface area contributed by atoms with Crippen molar-refractivity contribution in [1.29, 1.82) is 0 Å². The molecule has 1 N–H and O–H groups in total. The minimum Gasteiger partial charge on any atom is -0.481 e. The van der Waals surface area contributed by atoms with E-state index in [-0.39, 0.29) is 6.42 Å². The van der Waals surface area contributed by atoms with Gasteiger partial charge in [-0.25, -0.2) is 0 Å². The number of hydrogen-bond donors (Lipinski definition) is 1. The minimum atomic E-state index is -0.704. The van der Waals surface area contributed by atoms with E-state index in [0.29, 0.717) is 12.0 Å². The summed E-state index contributed by atoms with van der Waals surface area (Å²) in [6.07, 6.45) is 0.277. The Bertz CT molecular complexity index is 416. The van der Waals surface area contributed by atoms with E-state index in [0.717, 1.165) is 18.1 Å². The average molecular weight is 254 g/mol. The fraction of sp³-hybridized carbons (Fsp3) is 0.462. The summed E-state index contributed by atoms with van der Waals surface area (Å²) in [7, 11) is 0. The molecule has 1 fully saturated rings. The largest absolute Gasteiger partial charge is 0.481 e. The molecule has 2 rings (SSSR count). The Labute approximate surface area is 106 Å². The van der Waals surface area contributed by atoms with E-state index in [1.54, 1.807) is 0 Å². The van der Waals surface area contributed by atoms with Crippen LogP contribution in [-0.4, -0.2) is 29.1 Å². The van der Waals surface area contributed by atoms with Crippen LogP contribution < -0.4 is 0 Å². The summed E-state index contributed by atoms with van der Waals surface area (Å²) in [4.78, 5) is 12.8. The second-order valence-electron chi connectivity index (χ2n) is 4.65. The predicted molar refractivity (Wildman–Crippen MR) is 67.2 cm³/mol. The molecule has 4 heteroatoms. The van der Waals surface area contributed by atoms with E-state index < -0.39 is 5.97 Å². The van der Waals surface area contributed by atoms with E-state index in [1.807, 2.05) is 18.2 Å². The highest BCUT2D eigenvalue weighted by Gasteiger charge is 2.32. The first-order valence-corrected chi connectivity index (χ1v) is 6.15. The zero-order valence-electron chi connectivity index (χ0n) is 9.77. The summed E-state index contributed by atoms with van der Waals surface area (Å²) in [5, 5.41) is 9.44. The monoisotopic (exact) mass is 253 g/mol. The summed E-state index contributed by atoms with van der Waals surface area (Å²) in [5.41, 5.74) is 1.19. The maximum absolute atomic E-state index is 10.6. The molecule has 1 atom stereocenters. The van der Waals surface area contributed by atoms with Crippen molar-refractivity contribution in [2.75, 3.05) is 13.1 Å². The third-order valence-electron chi connectivity index (χ3n) is 3.33. The van der Waals surface area contributed by atoms with Crippen molar-refractivity contribution >= 4 is 17.6 Å². The summed E-state index contributed by atoms with van der Waals surface area (Å²) in [6, 6.07) is 8.14. The minimum absolute atomic E-state index is 0.277. The lowest BCUT2D eigenvalue weighted by molar-refractivity contribution is -0.139. The fourth-order valence-electron chi connectivity index (χ4n) is 2.28. The molecule has 0 saturated carbocycles. The molecule has 1 unspecified atom stereocenters. The van der Waals surface area contributed by atoms with Crippen LogP contribution in [-0.2, 0) is 4.79 Å². The molecule has 1 aliphatic rings. The number of likely N-dealkylation sites (tertiary alicyclic amines) is 1. The average Bonchev–Trinajstić information content (AvgIpc) is 2.21. The molecule has 1 aromatic rings. The van der Waals surface area contributed by atoms with E-state index >= 15 is 0 Å². The molecule has 1 heterocycles. The Kier molecular flexibility index (Phi) is 3.69. The van der Waals surface area contributed by atoms with Gasteiger partial charge in [-0.2, -0.15) is 0 Å². The third kappa shape index (κ3) is 2.99. The molecule has 0 spiro atoms. The van der Waals surface area contributed by atoms with E-state index in [1.165, 1.54) is 5.56 Å². The number of hydrogen-bond acceptors (Lipinski definition) is 2. The van der Waals surface area contributed by atoms with E-state index in [4.69, 9.17) is 16.7 Å². The summed E-state index contributed by atoms with van der Waals surface area (Å²) >= 11 is 5.96. The first-order chi connectivity index (χ1) is 8.06. The van der Waals surface area contributed by atoms with Crippen LogP contribution in [0.4, 0.5) is 0 Å². The second-order valence-corrected chi connectivity index (χ2v) is 5.09. The molecule has 1 aliphatic heterocycles. The molecule has 1 saturated heterocycles. The van der Waals surface area contributed by atoms with Crippen molar-refractivity contribution in [3.05, 3.63) is 34.9 Å². The molecule has 92 valence electrons. The Morgan fingerprint density at radius 1 is 1.59 bits per heavy atom. The highest BCUT2D eigenvalue weighted by molar-refractivity contribution is 6.30. The van der Waals surface area contributed by atoms with Gasteiger partial charge in [0.15, 0.2) is 0 Å². The second kappa shape index (κ2) is 5.07. The van der Waals surface area contributed by atoms with E-state index in [2.05, 4.69) is 17.9 Å². The van der Waals surface area contributed by atoms with Gasteiger partial charge in [-0.15, -0.1) is 0 Å². The Hall–Kier alpha value is -1.06. The topological polar surface area (TPSA) is 40.5 Å². The standard InChI is InChI=1S/C13H16ClNO2/c1-9(11-3-2-4-12(14)6-11)15-7-10(8-15)5-13(16)17/h2-4,6,9-10H,5,7-8H2,1H3,(H,16,17). The van der Waals surface area contributed by atoms with Crippen molar-refractivity contribution in [1.82, 2.24) is 4.90 Å². The zero-order valence-corrected chi connectivity index (χ0v) is 10.5. The number of rotatable bonds is 4. The molecule has 0 bridgehead atoms. The molecular formula is C13H16ClNO2. The van der Waals surface area contributed by atoms with Crippen LogP contribution in [0, 0.1) is 5.92 Å². The Morgan fingerprint density at radius 2 is 2.29 bits per heavy atom. The molecule has 0 amide bonds. The fourth-order valence-corrected chi connectivity index (χ4v) is 2.48. The molecule has 3 nitrogen and oxygen atoms in total. The van der Waals surface area contributed by atoms with Crippen molar-refractivity contribution in [2.24, 2.45) is 5.92 Å². The van der Waals surface area contributed by atoms with Gasteiger partial charge in [-0.3, -0.25) is 9.69 Å². The number of carbonyl (C=O) groups is 1. The Balaban J connectivity index is 1.91. The van der Waals surface area contributed by atoms with Crippen LogP contribution in [0.1, 0.15) is 24.9 Å². The van der Waals surface area contributed by atoms with Crippen LogP contribution in [0.15, 0.2) is 24.3 Å². The maximum atomic E-state index is 10.6. The predicted octanol–water partition coefficient (Wildman–Crippen LogP) is 2.81. The Morgan fingerprint density at radius 3 is 2.88 bits per heavy atom. The van der Waals surface area contributed by atoms with Crippen LogP contribution in [0.5, 0.6) is 0 Å². The zero-order chi connectivity index (χ0) is 12.4. The number of halogens is 1. The molecule has 0 radical (unpaired) electrons. The van der Waals surface area contributed by atoms with Gasteiger partial charge in [0.05, 0.1) is 6.42 Å². The van der Waals surface area contributed by atoms with Gasteiger partial charge >= 0.3 is 5.97 Å². The van der Waals surface area contributed by atoms with Gasteiger partial charge in [-0.1, -0.05) is 23.7 Å². The molecule has 1 aromatic carbocycles. The van der Waals surface area contributed by atoms with Gasteiger partial charge in [0.25, 0.3) is 0 Å². The lowest BCUT2D eigenvalue weighted by atomic mass is 9.92. The summed E-state index contributed by atoms with van der Waals surface area (Å²) in [5.74, 6) is -0.404. The van der Waals surface area contributed by atoms with Gasteiger partial charge in [0, 0.05) is 24.2 Å². The van der Waals surface area contributed by atoms with Crippen molar-refractivity contribution in [2.45, 2.75) is 19.4 Å². The van der Waals surface area contributed by atoms with Crippen molar-refractivity contribution in [3.8, 4) is 0 Å². The lowest BCUT2D eigenvalue weighted by Crippen LogP contribution is -2.48. The van der Waals surface area contributed by atoms with Crippen molar-refractivity contribution in [3.63, 3.8) is 0 Å².